The first-order chi connectivity index (χ1) is 10.8. The van der Waals surface area contributed by atoms with Crippen molar-refractivity contribution in [2.75, 3.05) is 12.4 Å². The molecule has 3 rings (SSSR count). The average molecular weight is 292 g/mol. The van der Waals surface area contributed by atoms with Crippen LogP contribution in [-0.4, -0.2) is 18.0 Å². The molecule has 1 amide bonds. The van der Waals surface area contributed by atoms with Crippen molar-refractivity contribution in [2.45, 2.75) is 6.61 Å². The van der Waals surface area contributed by atoms with Gasteiger partial charge in [0.15, 0.2) is 0 Å². The highest BCUT2D eigenvalue weighted by molar-refractivity contribution is 6.04. The van der Waals surface area contributed by atoms with Gasteiger partial charge in [0, 0.05) is 18.2 Å². The van der Waals surface area contributed by atoms with Crippen molar-refractivity contribution in [3.63, 3.8) is 0 Å². The Morgan fingerprint density at radius 1 is 1.09 bits per heavy atom. The zero-order chi connectivity index (χ0) is 15.4. The number of benzene rings is 2. The quantitative estimate of drug-likeness (QED) is 0.799. The highest BCUT2D eigenvalue weighted by Gasteiger charge is 2.08. The summed E-state index contributed by atoms with van der Waals surface area (Å²) in [5, 5.41) is 3.88. The fraction of sp³-hybridized carbons (Fsp3) is 0.111. The number of fused-ring (bicyclic) bond motifs is 1. The maximum atomic E-state index is 12.3. The van der Waals surface area contributed by atoms with Gasteiger partial charge in [-0.05, 0) is 29.8 Å². The van der Waals surface area contributed by atoms with Gasteiger partial charge in [0.05, 0.1) is 12.1 Å². The van der Waals surface area contributed by atoms with Crippen LogP contribution in [0.25, 0.3) is 10.9 Å². The van der Waals surface area contributed by atoms with E-state index in [1.807, 2.05) is 54.6 Å². The minimum absolute atomic E-state index is 0.222. The molecule has 0 saturated carbocycles. The number of nitrogens with zero attached hydrogens (tertiary/aromatic N) is 1. The molecule has 0 spiro atoms. The number of hydrogen-bond donors (Lipinski definition) is 1. The molecule has 3 aromatic rings. The van der Waals surface area contributed by atoms with E-state index in [9.17, 15) is 4.79 Å². The van der Waals surface area contributed by atoms with E-state index in [1.165, 1.54) is 0 Å². The maximum Gasteiger partial charge on any atom is 0.274 e. The molecule has 0 atom stereocenters. The molecule has 4 heteroatoms. The van der Waals surface area contributed by atoms with Crippen LogP contribution in [0.2, 0.25) is 0 Å². The van der Waals surface area contributed by atoms with E-state index in [2.05, 4.69) is 10.3 Å². The summed E-state index contributed by atoms with van der Waals surface area (Å²) < 4.78 is 5.10. The third-order valence-electron chi connectivity index (χ3n) is 3.33. The number of carbonyl (C=O) groups is 1. The van der Waals surface area contributed by atoms with E-state index >= 15 is 0 Å². The number of ether oxygens (including phenoxy) is 1. The Morgan fingerprint density at radius 2 is 1.95 bits per heavy atom. The van der Waals surface area contributed by atoms with Crippen LogP contribution in [-0.2, 0) is 11.3 Å². The fourth-order valence-electron chi connectivity index (χ4n) is 2.29. The summed E-state index contributed by atoms with van der Waals surface area (Å²) in [6.07, 6.45) is 0. The molecule has 1 heterocycles. The number of methoxy groups -OCH3 is 1. The molecule has 0 radical (unpaired) electrons. The van der Waals surface area contributed by atoms with Gasteiger partial charge >= 0.3 is 0 Å². The average Bonchev–Trinajstić information content (AvgIpc) is 2.55. The second kappa shape index (κ2) is 6.37. The minimum Gasteiger partial charge on any atom is -0.380 e. The standard InChI is InChI=1S/C18H16N2O2/c1-22-12-13-5-4-7-15(11-13)19-18(21)17-10-9-14-6-2-3-8-16(14)20-17/h2-11H,12H2,1H3,(H,19,21). The Labute approximate surface area is 128 Å². The predicted octanol–water partition coefficient (Wildman–Crippen LogP) is 3.63. The molecule has 0 aliphatic rings. The third-order valence-corrected chi connectivity index (χ3v) is 3.33. The largest absolute Gasteiger partial charge is 0.380 e. The Bertz CT molecular complexity index is 815. The number of carbonyl (C=O) groups excluding carboxylic acids is 1. The molecule has 110 valence electrons. The van der Waals surface area contributed by atoms with Gasteiger partial charge in [-0.15, -0.1) is 0 Å². The number of pyridine rings is 1. The molecule has 0 aliphatic heterocycles. The third kappa shape index (κ3) is 3.13. The van der Waals surface area contributed by atoms with Gasteiger partial charge in [0.1, 0.15) is 5.69 Å². The first kappa shape index (κ1) is 14.2. The van der Waals surface area contributed by atoms with Gasteiger partial charge in [-0.3, -0.25) is 4.79 Å². The summed E-state index contributed by atoms with van der Waals surface area (Å²) in [6, 6.07) is 18.9. The molecule has 1 N–H and O–H groups in total. The van der Waals surface area contributed by atoms with Crippen LogP contribution in [0.1, 0.15) is 16.1 Å². The van der Waals surface area contributed by atoms with Crippen LogP contribution >= 0.6 is 0 Å². The molecule has 0 bridgehead atoms. The van der Waals surface area contributed by atoms with Crippen molar-refractivity contribution in [3.8, 4) is 0 Å². The van der Waals surface area contributed by atoms with Crippen molar-refractivity contribution in [1.82, 2.24) is 4.98 Å². The number of nitrogens with one attached hydrogen (secondary N) is 1. The van der Waals surface area contributed by atoms with Gasteiger partial charge < -0.3 is 10.1 Å². The highest BCUT2D eigenvalue weighted by atomic mass is 16.5. The topological polar surface area (TPSA) is 51.2 Å². The smallest absolute Gasteiger partial charge is 0.274 e. The lowest BCUT2D eigenvalue weighted by Crippen LogP contribution is -2.13. The zero-order valence-electron chi connectivity index (χ0n) is 12.2. The van der Waals surface area contributed by atoms with E-state index in [0.29, 0.717) is 12.3 Å². The number of para-hydroxylation sites is 1. The summed E-state index contributed by atoms with van der Waals surface area (Å²) in [4.78, 5) is 16.7. The first-order valence-corrected chi connectivity index (χ1v) is 7.01. The summed E-state index contributed by atoms with van der Waals surface area (Å²) in [7, 11) is 1.64. The second-order valence-electron chi connectivity index (χ2n) is 4.98. The van der Waals surface area contributed by atoms with Crippen molar-refractivity contribution in [2.24, 2.45) is 0 Å². The lowest BCUT2D eigenvalue weighted by atomic mass is 10.2. The van der Waals surface area contributed by atoms with Crippen molar-refractivity contribution >= 4 is 22.5 Å². The molecular formula is C18H16N2O2. The van der Waals surface area contributed by atoms with Crippen molar-refractivity contribution < 1.29 is 9.53 Å². The van der Waals surface area contributed by atoms with Gasteiger partial charge in [-0.2, -0.15) is 0 Å². The van der Waals surface area contributed by atoms with Crippen LogP contribution in [0.4, 0.5) is 5.69 Å². The number of aromatic nitrogens is 1. The Balaban J connectivity index is 1.82. The monoisotopic (exact) mass is 292 g/mol. The zero-order valence-corrected chi connectivity index (χ0v) is 12.2. The number of rotatable bonds is 4. The van der Waals surface area contributed by atoms with E-state index in [-0.39, 0.29) is 5.91 Å². The van der Waals surface area contributed by atoms with E-state index in [4.69, 9.17) is 4.74 Å². The molecule has 2 aromatic carbocycles. The van der Waals surface area contributed by atoms with Crippen LogP contribution in [0.15, 0.2) is 60.7 Å². The minimum atomic E-state index is -0.222. The van der Waals surface area contributed by atoms with E-state index < -0.39 is 0 Å². The van der Waals surface area contributed by atoms with Crippen LogP contribution in [0.3, 0.4) is 0 Å². The van der Waals surface area contributed by atoms with Gasteiger partial charge in [-0.1, -0.05) is 36.4 Å². The first-order valence-electron chi connectivity index (χ1n) is 7.01. The molecule has 22 heavy (non-hydrogen) atoms. The van der Waals surface area contributed by atoms with Crippen molar-refractivity contribution in [3.05, 3.63) is 71.9 Å². The Morgan fingerprint density at radius 3 is 2.82 bits per heavy atom. The van der Waals surface area contributed by atoms with Crippen LogP contribution in [0, 0.1) is 0 Å². The Kier molecular flexibility index (Phi) is 4.12. The number of hydrogen-bond acceptors (Lipinski definition) is 3. The van der Waals surface area contributed by atoms with Gasteiger partial charge in [0.2, 0.25) is 0 Å². The molecule has 0 saturated heterocycles. The Hall–Kier alpha value is -2.72. The molecule has 1 aromatic heterocycles. The second-order valence-corrected chi connectivity index (χ2v) is 4.98. The molecular weight excluding hydrogens is 276 g/mol. The van der Waals surface area contributed by atoms with Gasteiger partial charge in [-0.25, -0.2) is 4.98 Å². The molecule has 0 aliphatic carbocycles. The normalized spacial score (nSPS) is 10.6. The summed E-state index contributed by atoms with van der Waals surface area (Å²) in [5.74, 6) is -0.222. The van der Waals surface area contributed by atoms with Crippen LogP contribution < -0.4 is 5.32 Å². The fourth-order valence-corrected chi connectivity index (χ4v) is 2.29. The maximum absolute atomic E-state index is 12.3. The summed E-state index contributed by atoms with van der Waals surface area (Å²) in [5.41, 5.74) is 2.94. The molecule has 0 fully saturated rings. The van der Waals surface area contributed by atoms with E-state index in [0.717, 1.165) is 22.2 Å². The SMILES string of the molecule is COCc1cccc(NC(=O)c2ccc3ccccc3n2)c1. The van der Waals surface area contributed by atoms with Crippen LogP contribution in [0.5, 0.6) is 0 Å². The summed E-state index contributed by atoms with van der Waals surface area (Å²) >= 11 is 0. The highest BCUT2D eigenvalue weighted by Crippen LogP contribution is 2.15. The number of amides is 1. The van der Waals surface area contributed by atoms with E-state index in [1.54, 1.807) is 13.2 Å². The van der Waals surface area contributed by atoms with Crippen molar-refractivity contribution in [1.29, 1.82) is 0 Å². The molecule has 0 unspecified atom stereocenters. The number of anilines is 1. The lowest BCUT2D eigenvalue weighted by Gasteiger charge is -2.07. The predicted molar refractivity (Wildman–Crippen MR) is 86.9 cm³/mol. The summed E-state index contributed by atoms with van der Waals surface area (Å²) in [6.45, 7) is 0.512. The van der Waals surface area contributed by atoms with Gasteiger partial charge in [0.25, 0.3) is 5.91 Å². The molecule has 4 nitrogen and oxygen atoms in total. The lowest BCUT2D eigenvalue weighted by molar-refractivity contribution is 0.102.